The SMILES string of the molecule is CCC(=O)Nc1cccc(Cc2ncc(NC(=O)c3cc(NC(=O)c4cccc(C)c4)ccc3C)cn2)c1. The molecule has 0 spiro atoms. The summed E-state index contributed by atoms with van der Waals surface area (Å²) in [5.74, 6) is -0.0389. The van der Waals surface area contributed by atoms with Gasteiger partial charge in [0.2, 0.25) is 5.91 Å². The lowest BCUT2D eigenvalue weighted by Gasteiger charge is -2.11. The second-order valence-electron chi connectivity index (χ2n) is 8.97. The zero-order valence-electron chi connectivity index (χ0n) is 21.5. The summed E-state index contributed by atoms with van der Waals surface area (Å²) in [7, 11) is 0. The van der Waals surface area contributed by atoms with Crippen molar-refractivity contribution in [2.75, 3.05) is 16.0 Å². The van der Waals surface area contributed by atoms with Gasteiger partial charge in [0, 0.05) is 35.3 Å². The minimum atomic E-state index is -0.329. The lowest BCUT2D eigenvalue weighted by Crippen LogP contribution is -2.16. The highest BCUT2D eigenvalue weighted by molar-refractivity contribution is 6.08. The molecule has 0 aliphatic rings. The van der Waals surface area contributed by atoms with E-state index in [1.807, 2.05) is 56.3 Å². The molecule has 8 nitrogen and oxygen atoms in total. The fourth-order valence-electron chi connectivity index (χ4n) is 3.83. The molecule has 0 unspecified atom stereocenters. The van der Waals surface area contributed by atoms with E-state index >= 15 is 0 Å². The average molecular weight is 508 g/mol. The zero-order valence-corrected chi connectivity index (χ0v) is 21.5. The molecule has 192 valence electrons. The monoisotopic (exact) mass is 507 g/mol. The zero-order chi connectivity index (χ0) is 27.1. The van der Waals surface area contributed by atoms with E-state index in [0.717, 1.165) is 22.4 Å². The van der Waals surface area contributed by atoms with Gasteiger partial charge in [-0.3, -0.25) is 14.4 Å². The molecule has 0 atom stereocenters. The largest absolute Gasteiger partial charge is 0.326 e. The van der Waals surface area contributed by atoms with Gasteiger partial charge < -0.3 is 16.0 Å². The number of hydrogen-bond donors (Lipinski definition) is 3. The summed E-state index contributed by atoms with van der Waals surface area (Å²) in [5, 5.41) is 8.52. The lowest BCUT2D eigenvalue weighted by atomic mass is 10.1. The number of aryl methyl sites for hydroxylation is 2. The summed E-state index contributed by atoms with van der Waals surface area (Å²) < 4.78 is 0. The van der Waals surface area contributed by atoms with Crippen LogP contribution in [0.15, 0.2) is 79.1 Å². The van der Waals surface area contributed by atoms with Crippen LogP contribution >= 0.6 is 0 Å². The Morgan fingerprint density at radius 2 is 1.45 bits per heavy atom. The predicted molar refractivity (Wildman–Crippen MR) is 148 cm³/mol. The summed E-state index contributed by atoms with van der Waals surface area (Å²) in [6, 6.07) is 20.0. The van der Waals surface area contributed by atoms with Crippen LogP contribution in [0.2, 0.25) is 0 Å². The van der Waals surface area contributed by atoms with Gasteiger partial charge in [-0.15, -0.1) is 0 Å². The normalized spacial score (nSPS) is 10.5. The fraction of sp³-hybridized carbons (Fsp3) is 0.167. The molecule has 3 amide bonds. The van der Waals surface area contributed by atoms with Crippen LogP contribution in [0.3, 0.4) is 0 Å². The highest BCUT2D eigenvalue weighted by atomic mass is 16.2. The fourth-order valence-corrected chi connectivity index (χ4v) is 3.83. The van der Waals surface area contributed by atoms with Crippen molar-refractivity contribution in [3.8, 4) is 0 Å². The van der Waals surface area contributed by atoms with Gasteiger partial charge in [0.15, 0.2) is 0 Å². The molecule has 0 aliphatic carbocycles. The number of nitrogens with one attached hydrogen (secondary N) is 3. The van der Waals surface area contributed by atoms with E-state index in [-0.39, 0.29) is 17.7 Å². The Balaban J connectivity index is 1.40. The molecule has 0 bridgehead atoms. The minimum Gasteiger partial charge on any atom is -0.326 e. The minimum absolute atomic E-state index is 0.0482. The van der Waals surface area contributed by atoms with Crippen LogP contribution in [0.4, 0.5) is 17.1 Å². The van der Waals surface area contributed by atoms with Crippen LogP contribution in [0, 0.1) is 13.8 Å². The molecule has 0 radical (unpaired) electrons. The first kappa shape index (κ1) is 26.2. The van der Waals surface area contributed by atoms with Crippen molar-refractivity contribution in [3.63, 3.8) is 0 Å². The summed E-state index contributed by atoms with van der Waals surface area (Å²) in [6.07, 6.45) is 4.00. The van der Waals surface area contributed by atoms with Crippen LogP contribution in [-0.2, 0) is 11.2 Å². The molecular weight excluding hydrogens is 478 g/mol. The van der Waals surface area contributed by atoms with E-state index in [0.29, 0.717) is 41.2 Å². The summed E-state index contributed by atoms with van der Waals surface area (Å²) in [5.41, 5.74) is 5.40. The van der Waals surface area contributed by atoms with Crippen LogP contribution in [0.25, 0.3) is 0 Å². The molecule has 3 N–H and O–H groups in total. The first-order chi connectivity index (χ1) is 18.3. The second kappa shape index (κ2) is 11.9. The van der Waals surface area contributed by atoms with Crippen molar-refractivity contribution < 1.29 is 14.4 Å². The Morgan fingerprint density at radius 3 is 2.18 bits per heavy atom. The van der Waals surface area contributed by atoms with Gasteiger partial charge in [-0.2, -0.15) is 0 Å². The van der Waals surface area contributed by atoms with Crippen molar-refractivity contribution in [1.29, 1.82) is 0 Å². The third-order valence-electron chi connectivity index (χ3n) is 5.88. The van der Waals surface area contributed by atoms with Crippen molar-refractivity contribution in [3.05, 3.63) is 113 Å². The maximum atomic E-state index is 13.0. The summed E-state index contributed by atoms with van der Waals surface area (Å²) in [4.78, 5) is 46.0. The average Bonchev–Trinajstić information content (AvgIpc) is 2.91. The van der Waals surface area contributed by atoms with Gasteiger partial charge in [-0.25, -0.2) is 9.97 Å². The third-order valence-corrected chi connectivity index (χ3v) is 5.88. The number of carbonyl (C=O) groups excluding carboxylic acids is 3. The standard InChI is InChI=1S/C30H29N5O3/c1-4-28(36)33-23-10-6-8-21(14-23)15-27-31-17-25(18-32-27)35-30(38)26-16-24(12-11-20(26)3)34-29(37)22-9-5-7-19(2)13-22/h5-14,16-18H,4,15H2,1-3H3,(H,33,36)(H,34,37)(H,35,38). The molecule has 1 heterocycles. The molecule has 4 rings (SSSR count). The van der Waals surface area contributed by atoms with E-state index in [4.69, 9.17) is 0 Å². The highest BCUT2D eigenvalue weighted by Gasteiger charge is 2.13. The molecule has 8 heteroatoms. The number of hydrogen-bond acceptors (Lipinski definition) is 5. The molecular formula is C30H29N5O3. The van der Waals surface area contributed by atoms with Crippen molar-refractivity contribution >= 4 is 34.8 Å². The number of aromatic nitrogens is 2. The smallest absolute Gasteiger partial charge is 0.256 e. The van der Waals surface area contributed by atoms with E-state index in [1.165, 1.54) is 0 Å². The third kappa shape index (κ3) is 6.88. The molecule has 38 heavy (non-hydrogen) atoms. The Morgan fingerprint density at radius 1 is 0.737 bits per heavy atom. The molecule has 0 fully saturated rings. The molecule has 0 saturated heterocycles. The Kier molecular flexibility index (Phi) is 8.23. The van der Waals surface area contributed by atoms with Crippen LogP contribution < -0.4 is 16.0 Å². The van der Waals surface area contributed by atoms with Gasteiger partial charge in [-0.05, 0) is 61.4 Å². The number of rotatable bonds is 8. The number of amides is 3. The lowest BCUT2D eigenvalue weighted by molar-refractivity contribution is -0.115. The van der Waals surface area contributed by atoms with Crippen molar-refractivity contribution in [2.45, 2.75) is 33.6 Å². The Labute approximate surface area is 221 Å². The molecule has 0 aliphatic heterocycles. The number of nitrogens with zero attached hydrogens (tertiary/aromatic N) is 2. The number of benzene rings is 3. The van der Waals surface area contributed by atoms with Crippen molar-refractivity contribution in [2.24, 2.45) is 0 Å². The van der Waals surface area contributed by atoms with E-state index in [1.54, 1.807) is 43.6 Å². The predicted octanol–water partition coefficient (Wildman–Crippen LogP) is 5.54. The van der Waals surface area contributed by atoms with Crippen LogP contribution in [0.1, 0.15) is 56.6 Å². The second-order valence-corrected chi connectivity index (χ2v) is 8.97. The number of anilines is 3. The van der Waals surface area contributed by atoms with E-state index < -0.39 is 0 Å². The van der Waals surface area contributed by atoms with E-state index in [2.05, 4.69) is 25.9 Å². The number of carbonyl (C=O) groups is 3. The first-order valence-corrected chi connectivity index (χ1v) is 12.3. The highest BCUT2D eigenvalue weighted by Crippen LogP contribution is 2.19. The topological polar surface area (TPSA) is 113 Å². The Hall–Kier alpha value is -4.85. The van der Waals surface area contributed by atoms with Gasteiger partial charge in [0.1, 0.15) is 5.82 Å². The maximum Gasteiger partial charge on any atom is 0.256 e. The van der Waals surface area contributed by atoms with Gasteiger partial charge in [-0.1, -0.05) is 42.8 Å². The van der Waals surface area contributed by atoms with Gasteiger partial charge >= 0.3 is 0 Å². The quantitative estimate of drug-likeness (QED) is 0.290. The molecule has 3 aromatic carbocycles. The molecule has 1 aromatic heterocycles. The van der Waals surface area contributed by atoms with Crippen LogP contribution in [-0.4, -0.2) is 27.7 Å². The molecule has 0 saturated carbocycles. The van der Waals surface area contributed by atoms with Gasteiger partial charge in [0.25, 0.3) is 11.8 Å². The van der Waals surface area contributed by atoms with Crippen molar-refractivity contribution in [1.82, 2.24) is 9.97 Å². The maximum absolute atomic E-state index is 13.0. The Bertz CT molecular complexity index is 1480. The van der Waals surface area contributed by atoms with E-state index in [9.17, 15) is 14.4 Å². The van der Waals surface area contributed by atoms with Crippen LogP contribution in [0.5, 0.6) is 0 Å². The summed E-state index contributed by atoms with van der Waals surface area (Å²) >= 11 is 0. The first-order valence-electron chi connectivity index (χ1n) is 12.3. The molecule has 4 aromatic rings. The van der Waals surface area contributed by atoms with Gasteiger partial charge in [0.05, 0.1) is 18.1 Å². The summed E-state index contributed by atoms with van der Waals surface area (Å²) in [6.45, 7) is 5.56.